The van der Waals surface area contributed by atoms with Gasteiger partial charge in [-0.05, 0) is 25.1 Å². The molecule has 6 nitrogen and oxygen atoms in total. The van der Waals surface area contributed by atoms with E-state index in [1.54, 1.807) is 6.92 Å². The van der Waals surface area contributed by atoms with Gasteiger partial charge in [0, 0.05) is 0 Å². The van der Waals surface area contributed by atoms with E-state index < -0.39 is 32.6 Å². The fourth-order valence-corrected chi connectivity index (χ4v) is 3.63. The minimum absolute atomic E-state index is 0.0681. The second-order valence-corrected chi connectivity index (χ2v) is 7.09. The van der Waals surface area contributed by atoms with Gasteiger partial charge in [-0.3, -0.25) is 4.72 Å². The van der Waals surface area contributed by atoms with Crippen LogP contribution in [0.15, 0.2) is 35.4 Å². The summed E-state index contributed by atoms with van der Waals surface area (Å²) in [5.74, 6) is -0.667. The van der Waals surface area contributed by atoms with E-state index in [9.17, 15) is 26.4 Å². The number of nitrogens with zero attached hydrogens (tertiary/aromatic N) is 1. The van der Waals surface area contributed by atoms with Crippen LogP contribution in [0.5, 0.6) is 0 Å². The summed E-state index contributed by atoms with van der Waals surface area (Å²) in [6.45, 7) is 1.75. The molecular formula is C13H11F3N2O4S2. The van der Waals surface area contributed by atoms with Gasteiger partial charge in [0.15, 0.2) is 5.13 Å². The number of hydrogen-bond acceptors (Lipinski definition) is 6. The third-order valence-corrected chi connectivity index (χ3v) is 5.03. The Labute approximate surface area is 139 Å². The summed E-state index contributed by atoms with van der Waals surface area (Å²) in [6.07, 6.45) is -3.55. The fraction of sp³-hybridized carbons (Fsp3) is 0.231. The quantitative estimate of drug-likeness (QED) is 0.806. The lowest BCUT2D eigenvalue weighted by Crippen LogP contribution is -2.14. The molecule has 1 heterocycles. The van der Waals surface area contributed by atoms with Crippen LogP contribution in [-0.4, -0.2) is 26.0 Å². The Kier molecular flexibility index (Phi) is 5.13. The van der Waals surface area contributed by atoms with Gasteiger partial charge in [0.25, 0.3) is 10.0 Å². The maximum atomic E-state index is 12.7. The molecule has 130 valence electrons. The van der Waals surface area contributed by atoms with E-state index in [1.807, 2.05) is 4.72 Å². The standard InChI is InChI=1S/C13H11F3N2O4S2/c1-2-22-11(19)10-7-17-12(23-10)18-24(20,21)9-5-3-4-8(6-9)13(14,15)16/h3-7H,2H2,1H3,(H,17,18). The number of rotatable bonds is 5. The highest BCUT2D eigenvalue weighted by Gasteiger charge is 2.31. The molecule has 0 saturated heterocycles. The zero-order chi connectivity index (χ0) is 18.0. The molecule has 0 amide bonds. The van der Waals surface area contributed by atoms with Crippen molar-refractivity contribution in [3.05, 3.63) is 40.9 Å². The van der Waals surface area contributed by atoms with E-state index in [0.717, 1.165) is 24.4 Å². The lowest BCUT2D eigenvalue weighted by atomic mass is 10.2. The van der Waals surface area contributed by atoms with Gasteiger partial charge in [0.1, 0.15) is 4.88 Å². The molecule has 0 aliphatic heterocycles. The second kappa shape index (κ2) is 6.77. The molecule has 24 heavy (non-hydrogen) atoms. The number of sulfonamides is 1. The second-order valence-electron chi connectivity index (χ2n) is 4.38. The Hall–Kier alpha value is -2.14. The highest BCUT2D eigenvalue weighted by atomic mass is 32.2. The van der Waals surface area contributed by atoms with E-state index in [2.05, 4.69) is 4.98 Å². The maximum absolute atomic E-state index is 12.7. The van der Waals surface area contributed by atoms with Gasteiger partial charge in [-0.1, -0.05) is 17.4 Å². The number of ether oxygens (including phenoxy) is 1. The first-order valence-corrected chi connectivity index (χ1v) is 8.76. The van der Waals surface area contributed by atoms with Crippen molar-refractivity contribution < 1.29 is 31.1 Å². The van der Waals surface area contributed by atoms with Gasteiger partial charge in [0.2, 0.25) is 0 Å². The molecule has 2 rings (SSSR count). The van der Waals surface area contributed by atoms with Crippen molar-refractivity contribution in [3.63, 3.8) is 0 Å². The van der Waals surface area contributed by atoms with Crippen LogP contribution in [0.3, 0.4) is 0 Å². The summed E-state index contributed by atoms with van der Waals surface area (Å²) in [4.78, 5) is 14.7. The van der Waals surface area contributed by atoms with Crippen molar-refractivity contribution >= 4 is 32.5 Å². The van der Waals surface area contributed by atoms with Crippen LogP contribution in [0.25, 0.3) is 0 Å². The van der Waals surface area contributed by atoms with Gasteiger partial charge in [-0.2, -0.15) is 13.2 Å². The molecule has 2 aromatic rings. The molecule has 1 aromatic heterocycles. The van der Waals surface area contributed by atoms with E-state index in [4.69, 9.17) is 4.74 Å². The average Bonchev–Trinajstić information content (AvgIpc) is 2.95. The molecule has 1 N–H and O–H groups in total. The fourth-order valence-electron chi connectivity index (χ4n) is 1.63. The third-order valence-electron chi connectivity index (χ3n) is 2.68. The number of carbonyl (C=O) groups is 1. The van der Waals surface area contributed by atoms with E-state index in [-0.39, 0.29) is 16.6 Å². The molecule has 0 radical (unpaired) electrons. The molecule has 0 spiro atoms. The zero-order valence-electron chi connectivity index (χ0n) is 12.1. The molecule has 0 unspecified atom stereocenters. The first-order chi connectivity index (χ1) is 11.1. The number of benzene rings is 1. The Morgan fingerprint density at radius 3 is 2.71 bits per heavy atom. The summed E-state index contributed by atoms with van der Waals surface area (Å²) in [7, 11) is -4.27. The van der Waals surface area contributed by atoms with Gasteiger partial charge in [0.05, 0.1) is 23.3 Å². The largest absolute Gasteiger partial charge is 0.462 e. The van der Waals surface area contributed by atoms with Crippen LogP contribution < -0.4 is 4.72 Å². The van der Waals surface area contributed by atoms with Crippen LogP contribution in [0.2, 0.25) is 0 Å². The first-order valence-electron chi connectivity index (χ1n) is 6.46. The van der Waals surface area contributed by atoms with Crippen molar-refractivity contribution in [1.82, 2.24) is 4.98 Å². The molecule has 1 aromatic carbocycles. The number of thiazole rings is 1. The Balaban J connectivity index is 2.25. The number of aromatic nitrogens is 1. The molecule has 0 fully saturated rings. The van der Waals surface area contributed by atoms with Crippen molar-refractivity contribution in [2.45, 2.75) is 18.0 Å². The van der Waals surface area contributed by atoms with Gasteiger partial charge >= 0.3 is 12.1 Å². The van der Waals surface area contributed by atoms with Crippen LogP contribution in [0.1, 0.15) is 22.2 Å². The SMILES string of the molecule is CCOC(=O)c1cnc(NS(=O)(=O)c2cccc(C(F)(F)F)c2)s1. The first kappa shape index (κ1) is 18.2. The number of esters is 1. The van der Waals surface area contributed by atoms with Crippen LogP contribution in [0, 0.1) is 0 Å². The minimum atomic E-state index is -4.66. The number of anilines is 1. The Morgan fingerprint density at radius 1 is 1.38 bits per heavy atom. The normalized spacial score (nSPS) is 12.0. The lowest BCUT2D eigenvalue weighted by Gasteiger charge is -2.09. The average molecular weight is 380 g/mol. The number of alkyl halides is 3. The molecule has 0 saturated carbocycles. The molecule has 0 aliphatic carbocycles. The van der Waals surface area contributed by atoms with Crippen molar-refractivity contribution in [1.29, 1.82) is 0 Å². The number of hydrogen-bond donors (Lipinski definition) is 1. The molecule has 0 aliphatic rings. The van der Waals surface area contributed by atoms with Gasteiger partial charge in [-0.15, -0.1) is 0 Å². The molecule has 11 heteroatoms. The molecular weight excluding hydrogens is 369 g/mol. The molecule has 0 atom stereocenters. The smallest absolute Gasteiger partial charge is 0.416 e. The predicted molar refractivity (Wildman–Crippen MR) is 80.3 cm³/mol. The highest BCUT2D eigenvalue weighted by Crippen LogP contribution is 2.31. The van der Waals surface area contributed by atoms with Crippen LogP contribution in [0.4, 0.5) is 18.3 Å². The monoisotopic (exact) mass is 380 g/mol. The van der Waals surface area contributed by atoms with Crippen molar-refractivity contribution in [2.24, 2.45) is 0 Å². The number of nitrogens with one attached hydrogen (secondary N) is 1. The number of carbonyl (C=O) groups excluding carboxylic acids is 1. The zero-order valence-corrected chi connectivity index (χ0v) is 13.8. The maximum Gasteiger partial charge on any atom is 0.416 e. The van der Waals surface area contributed by atoms with E-state index >= 15 is 0 Å². The topological polar surface area (TPSA) is 85.4 Å². The predicted octanol–water partition coefficient (Wildman–Crippen LogP) is 3.14. The minimum Gasteiger partial charge on any atom is -0.462 e. The lowest BCUT2D eigenvalue weighted by molar-refractivity contribution is -0.137. The summed E-state index contributed by atoms with van der Waals surface area (Å²) in [5, 5.41) is -0.157. The summed E-state index contributed by atoms with van der Waals surface area (Å²) >= 11 is 0.714. The Morgan fingerprint density at radius 2 is 2.08 bits per heavy atom. The van der Waals surface area contributed by atoms with Crippen molar-refractivity contribution in [2.75, 3.05) is 11.3 Å². The van der Waals surface area contributed by atoms with E-state index in [1.165, 1.54) is 0 Å². The van der Waals surface area contributed by atoms with E-state index in [0.29, 0.717) is 17.4 Å². The third kappa shape index (κ3) is 4.23. The van der Waals surface area contributed by atoms with Gasteiger partial charge < -0.3 is 4.74 Å². The van der Waals surface area contributed by atoms with Crippen LogP contribution >= 0.6 is 11.3 Å². The highest BCUT2D eigenvalue weighted by molar-refractivity contribution is 7.93. The summed E-state index contributed by atoms with van der Waals surface area (Å²) in [6, 6.07) is 3.30. The summed E-state index contributed by atoms with van der Waals surface area (Å²) in [5.41, 5.74) is -1.09. The number of halogens is 3. The molecule has 0 bridgehead atoms. The van der Waals surface area contributed by atoms with Gasteiger partial charge in [-0.25, -0.2) is 18.2 Å². The van der Waals surface area contributed by atoms with Crippen molar-refractivity contribution in [3.8, 4) is 0 Å². The Bertz CT molecular complexity index is 847. The van der Waals surface area contributed by atoms with Crippen LogP contribution in [-0.2, 0) is 20.9 Å². The summed E-state index contributed by atoms with van der Waals surface area (Å²) < 4.78 is 69.1.